The Hall–Kier alpha value is -4.95. The van der Waals surface area contributed by atoms with Crippen LogP contribution in [0.2, 0.25) is 0 Å². The molecule has 0 radical (unpaired) electrons. The van der Waals surface area contributed by atoms with E-state index in [1.165, 1.54) is 15.8 Å². The maximum Gasteiger partial charge on any atom is 0.433 e. The van der Waals surface area contributed by atoms with E-state index in [9.17, 15) is 43.2 Å². The van der Waals surface area contributed by atoms with Gasteiger partial charge in [0.15, 0.2) is 5.69 Å². The molecule has 6 heterocycles. The number of hydrogen-bond donors (Lipinski definition) is 7. The zero-order valence-electron chi connectivity index (χ0n) is 31.5. The number of halogens is 3. The number of alkyl halides is 3. The van der Waals surface area contributed by atoms with Gasteiger partial charge in [0.1, 0.15) is 36.3 Å². The van der Waals surface area contributed by atoms with E-state index in [0.29, 0.717) is 29.7 Å². The van der Waals surface area contributed by atoms with E-state index in [2.05, 4.69) is 30.5 Å². The van der Waals surface area contributed by atoms with Crippen LogP contribution in [0.15, 0.2) is 66.9 Å². The SMILES string of the molecule is NC(=O)c1nn(-c2ccc(CN3CCC4(CC3)CCN(c3ccc5c(c3)C(O)N(C3CCC(O)NC3O)C5O)CC4)cc2)cc1NC(=O)c1cccc(C(F)(F)F)n1. The van der Waals surface area contributed by atoms with Crippen LogP contribution >= 0.6 is 0 Å². The number of nitrogens with one attached hydrogen (secondary N) is 2. The van der Waals surface area contributed by atoms with E-state index in [4.69, 9.17) is 5.73 Å². The third-order valence-corrected chi connectivity index (χ3v) is 12.2. The number of nitrogens with two attached hydrogens (primary N) is 1. The van der Waals surface area contributed by atoms with Crippen LogP contribution in [0, 0.1) is 5.41 Å². The fourth-order valence-corrected chi connectivity index (χ4v) is 8.85. The molecule has 308 valence electrons. The van der Waals surface area contributed by atoms with E-state index < -0.39 is 60.3 Å². The van der Waals surface area contributed by atoms with Crippen LogP contribution in [0.5, 0.6) is 0 Å². The van der Waals surface area contributed by atoms with Crippen molar-refractivity contribution >= 4 is 23.2 Å². The number of anilines is 2. The standard InChI is InChI=1S/C40H46F3N9O6/c41-40(42,43)31-3-1-2-28(45-31)35(55)46-29-22-51(48-33(29)34(44)54)24-6-4-23(5-7-24)21-49-16-12-39(13-17-49)14-18-50(19-15-39)25-8-9-26-27(20-25)38(58)52(37(26)57)30-10-11-32(53)47-36(30)56/h1-9,20,22,30,32,36-38,47,53,56-58H,10-19,21H2,(H2,44,54)(H,46,55). The molecule has 3 saturated heterocycles. The van der Waals surface area contributed by atoms with Gasteiger partial charge in [-0.2, -0.15) is 18.3 Å². The minimum atomic E-state index is -4.73. The normalized spacial score (nSPS) is 25.2. The van der Waals surface area contributed by atoms with Crippen LogP contribution < -0.4 is 21.3 Å². The molecule has 5 unspecified atom stereocenters. The summed E-state index contributed by atoms with van der Waals surface area (Å²) >= 11 is 0. The van der Waals surface area contributed by atoms with Gasteiger partial charge in [0.2, 0.25) is 0 Å². The number of rotatable bonds is 8. The lowest BCUT2D eigenvalue weighted by atomic mass is 9.71. The quantitative estimate of drug-likeness (QED) is 0.137. The van der Waals surface area contributed by atoms with Crippen molar-refractivity contribution in [3.8, 4) is 5.69 Å². The van der Waals surface area contributed by atoms with Crippen molar-refractivity contribution in [3.05, 3.63) is 101 Å². The number of hydrogen-bond acceptors (Lipinski definition) is 12. The second-order valence-corrected chi connectivity index (χ2v) is 15.8. The Labute approximate surface area is 331 Å². The van der Waals surface area contributed by atoms with Crippen LogP contribution in [-0.4, -0.2) is 101 Å². The molecule has 8 rings (SSSR count). The molecule has 2 aromatic carbocycles. The van der Waals surface area contributed by atoms with Gasteiger partial charge in [-0.25, -0.2) is 14.6 Å². The molecule has 18 heteroatoms. The minimum absolute atomic E-state index is 0.0664. The molecule has 4 aromatic rings. The number of aromatic nitrogens is 3. The van der Waals surface area contributed by atoms with Crippen LogP contribution in [0.1, 0.15) is 94.3 Å². The molecule has 2 aromatic heterocycles. The van der Waals surface area contributed by atoms with Crippen molar-refractivity contribution in [2.45, 2.75) is 82.2 Å². The van der Waals surface area contributed by atoms with E-state index in [-0.39, 0.29) is 16.8 Å². The van der Waals surface area contributed by atoms with Crippen LogP contribution in [0.25, 0.3) is 5.69 Å². The Morgan fingerprint density at radius 1 is 0.879 bits per heavy atom. The molecule has 3 fully saturated rings. The third kappa shape index (κ3) is 7.92. The van der Waals surface area contributed by atoms with Crippen molar-refractivity contribution < 1.29 is 43.2 Å². The summed E-state index contributed by atoms with van der Waals surface area (Å²) in [4.78, 5) is 34.6. The number of primary amides is 1. The summed E-state index contributed by atoms with van der Waals surface area (Å²) in [6.45, 7) is 4.40. The molecule has 2 amide bonds. The van der Waals surface area contributed by atoms with Crippen molar-refractivity contribution in [1.82, 2.24) is 29.9 Å². The van der Waals surface area contributed by atoms with Crippen molar-refractivity contribution in [2.75, 3.05) is 36.4 Å². The van der Waals surface area contributed by atoms with E-state index in [1.54, 1.807) is 0 Å². The second-order valence-electron chi connectivity index (χ2n) is 15.8. The van der Waals surface area contributed by atoms with E-state index in [0.717, 1.165) is 87.9 Å². The number of likely N-dealkylation sites (tertiary alicyclic amines) is 1. The van der Waals surface area contributed by atoms with Gasteiger partial charge in [0, 0.05) is 36.4 Å². The second kappa shape index (κ2) is 15.7. The number of carbonyl (C=O) groups is 2. The van der Waals surface area contributed by atoms with Crippen molar-refractivity contribution in [3.63, 3.8) is 0 Å². The molecular weight excluding hydrogens is 759 g/mol. The monoisotopic (exact) mass is 805 g/mol. The van der Waals surface area contributed by atoms with Crippen LogP contribution in [-0.2, 0) is 12.7 Å². The molecule has 1 spiro atoms. The molecule has 4 aliphatic heterocycles. The Morgan fingerprint density at radius 3 is 2.22 bits per heavy atom. The predicted octanol–water partition coefficient (Wildman–Crippen LogP) is 3.21. The van der Waals surface area contributed by atoms with Gasteiger partial charge >= 0.3 is 6.18 Å². The summed E-state index contributed by atoms with van der Waals surface area (Å²) in [5, 5.41) is 52.0. The van der Waals surface area contributed by atoms with Crippen LogP contribution in [0.4, 0.5) is 24.5 Å². The number of carbonyl (C=O) groups excluding carboxylic acids is 2. The molecule has 15 nitrogen and oxygen atoms in total. The Morgan fingerprint density at radius 2 is 1.55 bits per heavy atom. The number of piperidine rings is 3. The zero-order valence-corrected chi connectivity index (χ0v) is 31.5. The summed E-state index contributed by atoms with van der Waals surface area (Å²) in [5.41, 5.74) is 7.64. The van der Waals surface area contributed by atoms with Crippen LogP contribution in [0.3, 0.4) is 0 Å². The zero-order chi connectivity index (χ0) is 40.9. The average Bonchev–Trinajstić information content (AvgIpc) is 3.74. The highest BCUT2D eigenvalue weighted by Gasteiger charge is 2.45. The van der Waals surface area contributed by atoms with Crippen molar-refractivity contribution in [2.24, 2.45) is 11.1 Å². The van der Waals surface area contributed by atoms with Gasteiger partial charge in [0.05, 0.1) is 23.6 Å². The van der Waals surface area contributed by atoms with E-state index in [1.807, 2.05) is 42.5 Å². The van der Waals surface area contributed by atoms with Gasteiger partial charge in [-0.15, -0.1) is 0 Å². The fourth-order valence-electron chi connectivity index (χ4n) is 8.85. The Bertz CT molecular complexity index is 2150. The fraction of sp³-hybridized carbons (Fsp3) is 0.450. The molecule has 5 atom stereocenters. The molecule has 4 aliphatic rings. The maximum atomic E-state index is 13.1. The number of aliphatic hydroxyl groups is 4. The molecule has 8 N–H and O–H groups in total. The van der Waals surface area contributed by atoms with E-state index >= 15 is 0 Å². The summed E-state index contributed by atoms with van der Waals surface area (Å²) < 4.78 is 40.7. The van der Waals surface area contributed by atoms with Gasteiger partial charge in [-0.1, -0.05) is 24.3 Å². The molecule has 58 heavy (non-hydrogen) atoms. The number of aliphatic hydroxyl groups excluding tert-OH is 4. The highest BCUT2D eigenvalue weighted by Crippen LogP contribution is 2.46. The summed E-state index contributed by atoms with van der Waals surface area (Å²) in [6.07, 6.45) is -2.33. The first-order valence-corrected chi connectivity index (χ1v) is 19.4. The summed E-state index contributed by atoms with van der Waals surface area (Å²) in [6, 6.07) is 15.8. The van der Waals surface area contributed by atoms with Gasteiger partial charge < -0.3 is 36.4 Å². The first-order chi connectivity index (χ1) is 27.7. The van der Waals surface area contributed by atoms with Gasteiger partial charge in [-0.05, 0) is 99.0 Å². The van der Waals surface area contributed by atoms with Gasteiger partial charge in [0.25, 0.3) is 11.8 Å². The number of amides is 2. The molecule has 0 aliphatic carbocycles. The largest absolute Gasteiger partial charge is 0.433 e. The number of pyridine rings is 1. The number of fused-ring (bicyclic) bond motifs is 1. The lowest BCUT2D eigenvalue weighted by Gasteiger charge is -2.47. The topological polar surface area (TPSA) is 206 Å². The molecule has 0 saturated carbocycles. The first-order valence-electron chi connectivity index (χ1n) is 19.4. The Balaban J connectivity index is 0.843. The first kappa shape index (κ1) is 39.9. The van der Waals surface area contributed by atoms with Crippen molar-refractivity contribution in [1.29, 1.82) is 0 Å². The maximum absolute atomic E-state index is 13.1. The highest BCUT2D eigenvalue weighted by molar-refractivity contribution is 6.07. The highest BCUT2D eigenvalue weighted by atomic mass is 19.4. The summed E-state index contributed by atoms with van der Waals surface area (Å²) in [5.74, 6) is -1.88. The average molecular weight is 806 g/mol. The lowest BCUT2D eigenvalue weighted by Crippen LogP contribution is -2.57. The smallest absolute Gasteiger partial charge is 0.379 e. The predicted molar refractivity (Wildman–Crippen MR) is 204 cm³/mol. The van der Waals surface area contributed by atoms with Gasteiger partial charge in [-0.3, -0.25) is 19.8 Å². The molecular formula is C40H46F3N9O6. The lowest BCUT2D eigenvalue weighted by molar-refractivity contribution is -0.159. The summed E-state index contributed by atoms with van der Waals surface area (Å²) in [7, 11) is 0. The Kier molecular flexibility index (Phi) is 10.8. The number of nitrogens with zero attached hydrogens (tertiary/aromatic N) is 6. The minimum Gasteiger partial charge on any atom is -0.379 e. The number of benzene rings is 2. The molecule has 0 bridgehead atoms. The third-order valence-electron chi connectivity index (χ3n) is 12.2.